The SMILES string of the molecule is C=CC(C)(C)n1cc(C[C@H]2NC(=O)[C@H](C/C=C/C)NC(=O)[C@H](CC(C)C)N3C(=O)[C@H](C[C@H](C)[C@@H]3O)N(C)C(=O)[C@H](C)NC(=O)[C@H](Cc3ccc([O-])c(N(O)O)c3)NC(=O)[C@H](CC(C)C)N(C)C2=O)c2ccccc21. The Hall–Kier alpha value is -6.77. The average molecular weight is 1030 g/mol. The van der Waals surface area contributed by atoms with Gasteiger partial charge in [-0.15, -0.1) is 11.8 Å². The Morgan fingerprint density at radius 1 is 0.784 bits per heavy atom. The van der Waals surface area contributed by atoms with E-state index in [1.165, 1.54) is 32.0 Å². The predicted octanol–water partition coefficient (Wildman–Crippen LogP) is 3.25. The molecule has 1 aromatic heterocycles. The summed E-state index contributed by atoms with van der Waals surface area (Å²) in [4.78, 5) is 107. The number of carbonyl (C=O) groups excluding carboxylic acids is 7. The van der Waals surface area contributed by atoms with Crippen molar-refractivity contribution in [3.63, 3.8) is 0 Å². The summed E-state index contributed by atoms with van der Waals surface area (Å²) in [6, 6.07) is 1.75. The smallest absolute Gasteiger partial charge is 0.248 e. The van der Waals surface area contributed by atoms with Crippen molar-refractivity contribution in [2.24, 2.45) is 17.8 Å². The third-order valence-electron chi connectivity index (χ3n) is 14.1. The number of aromatic nitrogens is 1. The van der Waals surface area contributed by atoms with Crippen LogP contribution in [0.5, 0.6) is 5.75 Å². The van der Waals surface area contributed by atoms with Gasteiger partial charge in [-0.2, -0.15) is 0 Å². The fourth-order valence-electron chi connectivity index (χ4n) is 9.74. The van der Waals surface area contributed by atoms with E-state index >= 15 is 4.79 Å². The van der Waals surface area contributed by atoms with Crippen molar-refractivity contribution < 1.29 is 54.2 Å². The maximum absolute atomic E-state index is 15.3. The number of amides is 7. The van der Waals surface area contributed by atoms with Crippen LogP contribution in [0.15, 0.2) is 73.5 Å². The second kappa shape index (κ2) is 24.5. The Kier molecular flexibility index (Phi) is 19.3. The second-order valence-electron chi connectivity index (χ2n) is 21.2. The van der Waals surface area contributed by atoms with Crippen molar-refractivity contribution in [2.45, 2.75) is 155 Å². The fraction of sp³-hybridized carbons (Fsp3) is 0.537. The molecule has 2 aliphatic heterocycles. The van der Waals surface area contributed by atoms with Crippen molar-refractivity contribution >= 4 is 57.9 Å². The highest BCUT2D eigenvalue weighted by atomic mass is 16.8. The molecule has 5 rings (SSSR count). The molecule has 0 saturated carbocycles. The maximum Gasteiger partial charge on any atom is 0.248 e. The van der Waals surface area contributed by atoms with Crippen molar-refractivity contribution in [3.8, 4) is 5.75 Å². The highest BCUT2D eigenvalue weighted by molar-refractivity contribution is 5.99. The van der Waals surface area contributed by atoms with E-state index in [9.17, 15) is 49.4 Å². The van der Waals surface area contributed by atoms with Gasteiger partial charge in [0.2, 0.25) is 41.4 Å². The number of nitrogens with zero attached hydrogens (tertiary/aromatic N) is 5. The minimum absolute atomic E-state index is 0.00482. The number of aliphatic hydroxyl groups is 1. The molecule has 3 aromatic rings. The van der Waals surface area contributed by atoms with Crippen molar-refractivity contribution in [1.82, 2.24) is 40.5 Å². The van der Waals surface area contributed by atoms with Crippen LogP contribution in [-0.4, -0.2) is 139 Å². The van der Waals surface area contributed by atoms with Crippen LogP contribution in [0.2, 0.25) is 0 Å². The Morgan fingerprint density at radius 3 is 2.00 bits per heavy atom. The topological polar surface area (TPSA) is 269 Å². The number of hydrogen-bond donors (Lipinski definition) is 7. The van der Waals surface area contributed by atoms with E-state index in [0.29, 0.717) is 5.56 Å². The quantitative estimate of drug-likeness (QED) is 0.0961. The third-order valence-corrected chi connectivity index (χ3v) is 14.1. The molecule has 404 valence electrons. The highest BCUT2D eigenvalue weighted by Gasteiger charge is 2.48. The van der Waals surface area contributed by atoms with Crippen molar-refractivity contribution in [2.75, 3.05) is 19.3 Å². The summed E-state index contributed by atoms with van der Waals surface area (Å²) in [5.41, 5.74) is 0.565. The molecule has 2 aliphatic rings. The molecule has 3 heterocycles. The van der Waals surface area contributed by atoms with E-state index in [4.69, 9.17) is 0 Å². The first-order chi connectivity index (χ1) is 34.7. The zero-order chi connectivity index (χ0) is 55.1. The summed E-state index contributed by atoms with van der Waals surface area (Å²) in [7, 11) is 2.79. The number of fused-ring (bicyclic) bond motifs is 3. The lowest BCUT2D eigenvalue weighted by molar-refractivity contribution is -0.268. The third kappa shape index (κ3) is 13.3. The minimum Gasteiger partial charge on any atom is -0.871 e. The van der Waals surface area contributed by atoms with E-state index in [0.717, 1.165) is 32.8 Å². The first-order valence-electron chi connectivity index (χ1n) is 25.3. The normalized spacial score (nSPS) is 25.5. The number of aliphatic hydroxyl groups excluding tert-OH is 1. The maximum atomic E-state index is 15.3. The van der Waals surface area contributed by atoms with E-state index < -0.39 is 113 Å². The number of hydrogen-bond acceptors (Lipinski definition) is 12. The van der Waals surface area contributed by atoms with Crippen LogP contribution in [0, 0.1) is 17.8 Å². The molecule has 0 spiro atoms. The molecule has 0 aliphatic carbocycles. The van der Waals surface area contributed by atoms with E-state index in [1.807, 2.05) is 76.6 Å². The van der Waals surface area contributed by atoms with Gasteiger partial charge in [0.25, 0.3) is 0 Å². The number of para-hydroxylation sites is 1. The monoisotopic (exact) mass is 1030 g/mol. The van der Waals surface area contributed by atoms with Crippen LogP contribution in [0.4, 0.5) is 5.69 Å². The number of carbonyl (C=O) groups is 7. The molecule has 0 radical (unpaired) electrons. The summed E-state index contributed by atoms with van der Waals surface area (Å²) < 4.78 is 2.01. The van der Waals surface area contributed by atoms with Crippen LogP contribution >= 0.6 is 0 Å². The van der Waals surface area contributed by atoms with Gasteiger partial charge < -0.3 is 50.7 Å². The Morgan fingerprint density at radius 2 is 1.38 bits per heavy atom. The zero-order valence-corrected chi connectivity index (χ0v) is 44.5. The standard InChI is InChI=1S/C54H77N9O11/c1-13-15-19-37-46(65)58-39(28-35-29-61(54(9,10)14-2)40-20-17-16-18-36(35)40)52(71)59(11)42(23-30(3)4)48(67)57-38(26-34-21-22-45(64)41(27-34)63(73)74)47(66)55-33(8)51(70)60(12)44-25-32(7)50(69)62(53(44)72)43(24-31(5)6)49(68)56-37/h13-18,20-22,27,29-33,37-39,42-44,50,64,69,73-74H,2,19,23-26,28H2,1,3-12H3,(H,55,66)(H,56,68)(H,57,67)(H,58,65)/p-1/b15-13+/t32-,33-,37-,38-,39+,42-,43-,44-,50-/m0/s1. The molecule has 0 unspecified atom stereocenters. The Bertz CT molecular complexity index is 2590. The van der Waals surface area contributed by atoms with Gasteiger partial charge >= 0.3 is 0 Å². The first-order valence-corrected chi connectivity index (χ1v) is 25.3. The van der Waals surface area contributed by atoms with Gasteiger partial charge in [-0.3, -0.25) is 44.0 Å². The number of rotatable bonds is 13. The average Bonchev–Trinajstić information content (AvgIpc) is 3.72. The van der Waals surface area contributed by atoms with Crippen LogP contribution in [0.1, 0.15) is 99.1 Å². The summed E-state index contributed by atoms with van der Waals surface area (Å²) in [5, 5.41) is 55.4. The lowest BCUT2D eigenvalue weighted by Gasteiger charge is -2.46. The summed E-state index contributed by atoms with van der Waals surface area (Å²) in [6.07, 6.45) is 5.23. The Labute approximate surface area is 433 Å². The largest absolute Gasteiger partial charge is 0.871 e. The molecule has 20 nitrogen and oxygen atoms in total. The lowest BCUT2D eigenvalue weighted by Crippen LogP contribution is -2.66. The molecule has 7 N–H and O–H groups in total. The van der Waals surface area contributed by atoms with E-state index in [2.05, 4.69) is 27.8 Å². The fourth-order valence-corrected chi connectivity index (χ4v) is 9.74. The van der Waals surface area contributed by atoms with Crippen LogP contribution in [0.3, 0.4) is 0 Å². The molecule has 74 heavy (non-hydrogen) atoms. The van der Waals surface area contributed by atoms with Gasteiger partial charge in [0.05, 0.1) is 11.2 Å². The highest BCUT2D eigenvalue weighted by Crippen LogP contribution is 2.32. The molecule has 2 fully saturated rings. The number of likely N-dealkylation sites (N-methyl/N-ethyl adjacent to an activating group) is 2. The molecule has 9 atom stereocenters. The van der Waals surface area contributed by atoms with Crippen LogP contribution in [-0.2, 0) is 51.9 Å². The van der Waals surface area contributed by atoms with Crippen LogP contribution < -0.4 is 31.6 Å². The van der Waals surface area contributed by atoms with Gasteiger partial charge in [-0.1, -0.05) is 88.9 Å². The predicted molar refractivity (Wildman–Crippen MR) is 276 cm³/mol. The number of piperidine rings is 1. The first kappa shape index (κ1) is 58.1. The van der Waals surface area contributed by atoms with Gasteiger partial charge in [-0.25, -0.2) is 0 Å². The zero-order valence-electron chi connectivity index (χ0n) is 44.5. The molecule has 20 heteroatoms. The summed E-state index contributed by atoms with van der Waals surface area (Å²) >= 11 is 0. The van der Waals surface area contributed by atoms with Gasteiger partial charge in [-0.05, 0) is 88.5 Å². The van der Waals surface area contributed by atoms with Gasteiger partial charge in [0.1, 0.15) is 48.5 Å². The molecule has 2 saturated heterocycles. The molecular weight excluding hydrogens is 951 g/mol. The van der Waals surface area contributed by atoms with Gasteiger partial charge in [0.15, 0.2) is 0 Å². The van der Waals surface area contributed by atoms with Crippen LogP contribution in [0.25, 0.3) is 10.9 Å². The molecule has 7 amide bonds. The summed E-state index contributed by atoms with van der Waals surface area (Å²) in [6.45, 7) is 20.2. The summed E-state index contributed by atoms with van der Waals surface area (Å²) in [5.74, 6) is -7.14. The van der Waals surface area contributed by atoms with Crippen molar-refractivity contribution in [1.29, 1.82) is 0 Å². The van der Waals surface area contributed by atoms with E-state index in [-0.39, 0.29) is 61.2 Å². The molecule has 2 bridgehead atoms. The minimum atomic E-state index is -1.51. The number of benzene rings is 2. The van der Waals surface area contributed by atoms with Gasteiger partial charge in [0, 0.05) is 50.0 Å². The number of anilines is 1. The second-order valence-corrected chi connectivity index (χ2v) is 21.2. The number of nitrogens with one attached hydrogen (secondary N) is 4. The number of allylic oxidation sites excluding steroid dienone is 2. The molecule has 2 aromatic carbocycles. The lowest BCUT2D eigenvalue weighted by atomic mass is 9.89. The van der Waals surface area contributed by atoms with E-state index in [1.54, 1.807) is 32.1 Å². The Balaban J connectivity index is 1.71. The molecular formula is C54H76N9O11-. The van der Waals surface area contributed by atoms with Crippen molar-refractivity contribution in [3.05, 3.63) is 84.6 Å².